The Morgan fingerprint density at radius 3 is 2.18 bits per heavy atom. The fourth-order valence-corrected chi connectivity index (χ4v) is 1.74. The van der Waals surface area contributed by atoms with Crippen LogP contribution in [0.3, 0.4) is 0 Å². The Morgan fingerprint density at radius 2 is 1.82 bits per heavy atom. The number of rotatable bonds is 0. The summed E-state index contributed by atoms with van der Waals surface area (Å²) < 4.78 is 0. The molecular formula is C9H17NO. The highest BCUT2D eigenvalue weighted by Crippen LogP contribution is 2.35. The Bertz CT molecular complexity index is 136. The molecule has 11 heavy (non-hydrogen) atoms. The van der Waals surface area contributed by atoms with Crippen molar-refractivity contribution in [3.63, 3.8) is 0 Å². The third kappa shape index (κ3) is 1.57. The van der Waals surface area contributed by atoms with Crippen LogP contribution in [0.2, 0.25) is 0 Å². The Kier molecular flexibility index (Phi) is 2.01. The molecule has 0 saturated carbocycles. The van der Waals surface area contributed by atoms with Gasteiger partial charge >= 0.3 is 0 Å². The average molecular weight is 155 g/mol. The van der Waals surface area contributed by atoms with Gasteiger partial charge in [0.25, 0.3) is 0 Å². The smallest absolute Gasteiger partial charge is 0.0475 e. The molecule has 0 spiro atoms. The van der Waals surface area contributed by atoms with Crippen LogP contribution in [0, 0.1) is 6.42 Å². The van der Waals surface area contributed by atoms with E-state index in [1.54, 1.807) is 0 Å². The molecule has 2 heteroatoms. The lowest BCUT2D eigenvalue weighted by molar-refractivity contribution is -0.273. The van der Waals surface area contributed by atoms with Crippen LogP contribution < -0.4 is 0 Å². The van der Waals surface area contributed by atoms with Crippen molar-refractivity contribution >= 4 is 0 Å². The van der Waals surface area contributed by atoms with E-state index in [1.807, 2.05) is 27.7 Å². The molecule has 64 valence electrons. The molecule has 2 radical (unpaired) electrons. The molecule has 0 N–H and O–H groups in total. The standard InChI is InChI=1S/C9H17NO/c1-8(2)6-5-7-9(3,4)10(8)11/h6H,5,7H2,1-4H3. The second-order valence-electron chi connectivity index (χ2n) is 4.50. The summed E-state index contributed by atoms with van der Waals surface area (Å²) in [4.78, 5) is 0. The summed E-state index contributed by atoms with van der Waals surface area (Å²) in [6, 6.07) is 0. The van der Waals surface area contributed by atoms with Gasteiger partial charge in [0.1, 0.15) is 0 Å². The van der Waals surface area contributed by atoms with Gasteiger partial charge in [0.05, 0.1) is 0 Å². The third-order valence-electron chi connectivity index (χ3n) is 2.47. The van der Waals surface area contributed by atoms with Gasteiger partial charge in [-0.3, -0.25) is 0 Å². The summed E-state index contributed by atoms with van der Waals surface area (Å²) >= 11 is 0. The maximum Gasteiger partial charge on any atom is 0.0475 e. The Hall–Kier alpha value is -0.0800. The van der Waals surface area contributed by atoms with Gasteiger partial charge in [0.15, 0.2) is 0 Å². The molecule has 0 aromatic heterocycles. The highest BCUT2D eigenvalue weighted by atomic mass is 16.5. The van der Waals surface area contributed by atoms with Gasteiger partial charge in [0, 0.05) is 11.1 Å². The van der Waals surface area contributed by atoms with E-state index < -0.39 is 0 Å². The minimum Gasteiger partial charge on any atom is -0.144 e. The largest absolute Gasteiger partial charge is 0.144 e. The monoisotopic (exact) mass is 155 g/mol. The van der Waals surface area contributed by atoms with E-state index in [4.69, 9.17) is 0 Å². The quantitative estimate of drug-likeness (QED) is 0.526. The molecule has 1 fully saturated rings. The van der Waals surface area contributed by atoms with E-state index >= 15 is 0 Å². The van der Waals surface area contributed by atoms with Crippen LogP contribution in [0.1, 0.15) is 40.5 Å². The first-order valence-corrected chi connectivity index (χ1v) is 4.18. The zero-order chi connectivity index (χ0) is 8.70. The lowest BCUT2D eigenvalue weighted by Crippen LogP contribution is -2.56. The second-order valence-corrected chi connectivity index (χ2v) is 4.50. The predicted octanol–water partition coefficient (Wildman–Crippen LogP) is 2.19. The van der Waals surface area contributed by atoms with Crippen LogP contribution in [0.15, 0.2) is 0 Å². The highest BCUT2D eigenvalue weighted by molar-refractivity contribution is 5.02. The summed E-state index contributed by atoms with van der Waals surface area (Å²) in [6.07, 6.45) is 4.13. The minimum absolute atomic E-state index is 0.182. The van der Waals surface area contributed by atoms with Gasteiger partial charge in [-0.05, 0) is 47.0 Å². The summed E-state index contributed by atoms with van der Waals surface area (Å²) in [5, 5.41) is 12.9. The Morgan fingerprint density at radius 1 is 1.27 bits per heavy atom. The highest BCUT2D eigenvalue weighted by Gasteiger charge is 2.41. The molecule has 1 aliphatic heterocycles. The van der Waals surface area contributed by atoms with Gasteiger partial charge in [0.2, 0.25) is 0 Å². The molecule has 0 bridgehead atoms. The molecule has 1 rings (SSSR count). The molecule has 0 aliphatic carbocycles. The SMILES string of the molecule is CC1(C)[CH]CCC(C)(C)N1[O]. The van der Waals surface area contributed by atoms with E-state index in [0.717, 1.165) is 12.8 Å². The predicted molar refractivity (Wildman–Crippen MR) is 44.2 cm³/mol. The number of nitrogens with zero attached hydrogens (tertiary/aromatic N) is 1. The van der Waals surface area contributed by atoms with E-state index in [1.165, 1.54) is 5.06 Å². The first kappa shape index (κ1) is 9.01. The summed E-state index contributed by atoms with van der Waals surface area (Å²) in [7, 11) is 0. The maximum absolute atomic E-state index is 11.7. The number of hydroxylamine groups is 2. The molecular weight excluding hydrogens is 138 g/mol. The van der Waals surface area contributed by atoms with E-state index in [9.17, 15) is 5.21 Å². The first-order valence-electron chi connectivity index (χ1n) is 4.18. The zero-order valence-electron chi connectivity index (χ0n) is 7.85. The van der Waals surface area contributed by atoms with E-state index in [0.29, 0.717) is 0 Å². The van der Waals surface area contributed by atoms with Gasteiger partial charge in [-0.25, -0.2) is 0 Å². The molecule has 0 amide bonds. The topological polar surface area (TPSA) is 23.1 Å². The fourth-order valence-electron chi connectivity index (χ4n) is 1.74. The normalized spacial score (nSPS) is 30.3. The third-order valence-corrected chi connectivity index (χ3v) is 2.47. The van der Waals surface area contributed by atoms with Crippen molar-refractivity contribution in [2.75, 3.05) is 0 Å². The van der Waals surface area contributed by atoms with Crippen molar-refractivity contribution < 1.29 is 5.21 Å². The van der Waals surface area contributed by atoms with Gasteiger partial charge in [-0.15, -0.1) is 10.3 Å². The molecule has 1 saturated heterocycles. The van der Waals surface area contributed by atoms with Crippen LogP contribution in [-0.4, -0.2) is 16.1 Å². The molecule has 1 heterocycles. The maximum atomic E-state index is 11.7. The van der Waals surface area contributed by atoms with Crippen LogP contribution in [0.4, 0.5) is 0 Å². The van der Waals surface area contributed by atoms with Crippen molar-refractivity contribution in [2.24, 2.45) is 0 Å². The van der Waals surface area contributed by atoms with Crippen LogP contribution in [0.25, 0.3) is 0 Å². The molecule has 2 nitrogen and oxygen atoms in total. The van der Waals surface area contributed by atoms with Crippen molar-refractivity contribution in [3.8, 4) is 0 Å². The van der Waals surface area contributed by atoms with Gasteiger partial charge in [-0.1, -0.05) is 0 Å². The summed E-state index contributed by atoms with van der Waals surface area (Å²) in [6.45, 7) is 7.96. The minimum atomic E-state index is -0.276. The fraction of sp³-hybridized carbons (Fsp3) is 0.889. The van der Waals surface area contributed by atoms with Gasteiger partial charge < -0.3 is 0 Å². The molecule has 0 atom stereocenters. The van der Waals surface area contributed by atoms with Crippen molar-refractivity contribution in [2.45, 2.75) is 51.6 Å². The van der Waals surface area contributed by atoms with Crippen molar-refractivity contribution in [1.29, 1.82) is 0 Å². The number of hydrogen-bond acceptors (Lipinski definition) is 1. The van der Waals surface area contributed by atoms with Crippen LogP contribution in [0.5, 0.6) is 0 Å². The molecule has 0 unspecified atom stereocenters. The Labute approximate surface area is 69.2 Å². The summed E-state index contributed by atoms with van der Waals surface area (Å²) in [5.74, 6) is 0. The van der Waals surface area contributed by atoms with Crippen LogP contribution in [-0.2, 0) is 5.21 Å². The average Bonchev–Trinajstić information content (AvgIpc) is 1.82. The first-order chi connectivity index (χ1) is 4.86. The van der Waals surface area contributed by atoms with E-state index in [-0.39, 0.29) is 11.1 Å². The zero-order valence-corrected chi connectivity index (χ0v) is 7.85. The summed E-state index contributed by atoms with van der Waals surface area (Å²) in [5.41, 5.74) is -0.458. The van der Waals surface area contributed by atoms with Crippen molar-refractivity contribution in [1.82, 2.24) is 5.06 Å². The van der Waals surface area contributed by atoms with Gasteiger partial charge in [-0.2, -0.15) is 0 Å². The van der Waals surface area contributed by atoms with E-state index in [2.05, 4.69) is 6.42 Å². The Balaban J connectivity index is 2.76. The molecule has 1 aliphatic rings. The number of hydrogen-bond donors (Lipinski definition) is 0. The van der Waals surface area contributed by atoms with Crippen molar-refractivity contribution in [3.05, 3.63) is 6.42 Å². The molecule has 0 aromatic carbocycles. The lowest BCUT2D eigenvalue weighted by Gasteiger charge is -2.46. The number of piperidine rings is 1. The lowest BCUT2D eigenvalue weighted by atomic mass is 9.82. The molecule has 0 aromatic rings. The van der Waals surface area contributed by atoms with Crippen LogP contribution >= 0.6 is 0 Å². The second kappa shape index (κ2) is 2.46.